The highest BCUT2D eigenvalue weighted by molar-refractivity contribution is 7.84. The number of carbonyl (C=O) groups excluding carboxylic acids is 1. The molecule has 6 nitrogen and oxygen atoms in total. The molecule has 0 saturated heterocycles. The van der Waals surface area contributed by atoms with Gasteiger partial charge in [-0.25, -0.2) is 0 Å². The topological polar surface area (TPSA) is 101 Å². The lowest BCUT2D eigenvalue weighted by Crippen LogP contribution is -2.32. The average Bonchev–Trinajstić information content (AvgIpc) is 2.60. The van der Waals surface area contributed by atoms with Crippen molar-refractivity contribution < 1.29 is 9.00 Å². The van der Waals surface area contributed by atoms with E-state index in [0.29, 0.717) is 12.1 Å². The maximum atomic E-state index is 11.5. The fourth-order valence-corrected chi connectivity index (χ4v) is 1.24. The molecule has 1 aromatic rings. The van der Waals surface area contributed by atoms with Crippen LogP contribution < -0.4 is 11.1 Å². The molecule has 7 heteroatoms. The third-order valence-corrected chi connectivity index (χ3v) is 3.33. The van der Waals surface area contributed by atoms with E-state index < -0.39 is 10.8 Å². The Morgan fingerprint density at radius 2 is 2.47 bits per heavy atom. The Balaban J connectivity index is 2.51. The molecule has 0 fully saturated rings. The van der Waals surface area contributed by atoms with E-state index in [1.807, 2.05) is 0 Å². The molecule has 0 bridgehead atoms. The molecule has 0 radical (unpaired) electrons. The van der Waals surface area contributed by atoms with Gasteiger partial charge in [-0.2, -0.15) is 5.10 Å². The second-order valence-corrected chi connectivity index (χ2v) is 5.02. The van der Waals surface area contributed by atoms with Gasteiger partial charge in [-0.1, -0.05) is 0 Å². The van der Waals surface area contributed by atoms with Crippen LogP contribution in [0.4, 0.5) is 5.82 Å². The van der Waals surface area contributed by atoms with Crippen molar-refractivity contribution in [2.75, 3.05) is 18.5 Å². The van der Waals surface area contributed by atoms with Gasteiger partial charge in [-0.3, -0.25) is 14.1 Å². The van der Waals surface area contributed by atoms with Crippen molar-refractivity contribution in [3.63, 3.8) is 0 Å². The number of anilines is 1. The Labute approximate surface area is 90.1 Å². The van der Waals surface area contributed by atoms with Crippen LogP contribution in [0.1, 0.15) is 17.3 Å². The van der Waals surface area contributed by atoms with Crippen LogP contribution >= 0.6 is 0 Å². The lowest BCUT2D eigenvalue weighted by molar-refractivity contribution is 0.0955. The zero-order chi connectivity index (χ0) is 11.4. The number of hydrogen-bond donors (Lipinski definition) is 3. The fourth-order valence-electron chi connectivity index (χ4n) is 0.926. The first-order valence-electron chi connectivity index (χ1n) is 4.41. The van der Waals surface area contributed by atoms with E-state index in [1.165, 1.54) is 6.20 Å². The molecule has 2 unspecified atom stereocenters. The summed E-state index contributed by atoms with van der Waals surface area (Å²) in [4.78, 5) is 11.5. The van der Waals surface area contributed by atoms with E-state index in [0.717, 1.165) is 0 Å². The Hall–Kier alpha value is -1.37. The molecule has 0 saturated carbocycles. The monoisotopic (exact) mass is 230 g/mol. The van der Waals surface area contributed by atoms with Crippen molar-refractivity contribution in [1.29, 1.82) is 0 Å². The van der Waals surface area contributed by atoms with Gasteiger partial charge in [-0.05, 0) is 6.92 Å². The molecule has 15 heavy (non-hydrogen) atoms. The molecule has 4 N–H and O–H groups in total. The first-order chi connectivity index (χ1) is 7.02. The van der Waals surface area contributed by atoms with Gasteiger partial charge in [0.1, 0.15) is 11.4 Å². The van der Waals surface area contributed by atoms with Crippen LogP contribution in [0.25, 0.3) is 0 Å². The van der Waals surface area contributed by atoms with Gasteiger partial charge in [0.05, 0.1) is 6.20 Å². The van der Waals surface area contributed by atoms with Gasteiger partial charge >= 0.3 is 0 Å². The highest BCUT2D eigenvalue weighted by atomic mass is 32.2. The molecule has 0 aliphatic carbocycles. The molecule has 1 amide bonds. The molecule has 1 aromatic heterocycles. The van der Waals surface area contributed by atoms with E-state index >= 15 is 0 Å². The summed E-state index contributed by atoms with van der Waals surface area (Å²) in [6, 6.07) is 0. The number of aromatic amines is 1. The van der Waals surface area contributed by atoms with Crippen LogP contribution in [0, 0.1) is 0 Å². The zero-order valence-electron chi connectivity index (χ0n) is 8.61. The molecule has 1 rings (SSSR count). The van der Waals surface area contributed by atoms with Crippen molar-refractivity contribution in [1.82, 2.24) is 15.5 Å². The van der Waals surface area contributed by atoms with Gasteiger partial charge in [0, 0.05) is 28.9 Å². The molecule has 0 aliphatic heterocycles. The minimum absolute atomic E-state index is 0.0814. The molecule has 84 valence electrons. The van der Waals surface area contributed by atoms with Crippen molar-refractivity contribution in [2.24, 2.45) is 0 Å². The molecule has 0 aliphatic rings. The lowest BCUT2D eigenvalue weighted by atomic mass is 10.3. The van der Waals surface area contributed by atoms with Crippen LogP contribution in [0.3, 0.4) is 0 Å². The number of rotatable bonds is 4. The molecular formula is C8H14N4O2S. The standard InChI is InChI=1S/C8H14N4O2S/c1-5(15(2)14)3-10-8(13)6-4-11-12-7(6)9/h4-5H,3H2,1-2H3,(H,10,13)(H3,9,11,12). The average molecular weight is 230 g/mol. The number of aromatic nitrogens is 2. The Morgan fingerprint density at radius 1 is 1.80 bits per heavy atom. The van der Waals surface area contributed by atoms with Gasteiger partial charge in [-0.15, -0.1) is 0 Å². The first-order valence-corrected chi connectivity index (χ1v) is 6.03. The van der Waals surface area contributed by atoms with Gasteiger partial charge in [0.15, 0.2) is 0 Å². The van der Waals surface area contributed by atoms with E-state index in [-0.39, 0.29) is 17.0 Å². The molecule has 1 heterocycles. The molecule has 0 spiro atoms. The van der Waals surface area contributed by atoms with Gasteiger partial charge < -0.3 is 11.1 Å². The maximum Gasteiger partial charge on any atom is 0.256 e. The summed E-state index contributed by atoms with van der Waals surface area (Å²) in [6.07, 6.45) is 2.96. The summed E-state index contributed by atoms with van der Waals surface area (Å²) < 4.78 is 11.0. The zero-order valence-corrected chi connectivity index (χ0v) is 9.43. The maximum absolute atomic E-state index is 11.5. The summed E-state index contributed by atoms with van der Waals surface area (Å²) in [7, 11) is -0.948. The number of nitrogens with one attached hydrogen (secondary N) is 2. The first kappa shape index (κ1) is 11.7. The minimum Gasteiger partial charge on any atom is -0.383 e. The van der Waals surface area contributed by atoms with Gasteiger partial charge in [0.2, 0.25) is 0 Å². The normalized spacial score (nSPS) is 14.5. The second-order valence-electron chi connectivity index (χ2n) is 3.22. The number of nitrogens with zero attached hydrogens (tertiary/aromatic N) is 1. The van der Waals surface area contributed by atoms with E-state index in [9.17, 15) is 9.00 Å². The van der Waals surface area contributed by atoms with E-state index in [1.54, 1.807) is 13.2 Å². The highest BCUT2D eigenvalue weighted by Crippen LogP contribution is 2.05. The van der Waals surface area contributed by atoms with Crippen LogP contribution in [-0.2, 0) is 10.8 Å². The molecule has 2 atom stereocenters. The second kappa shape index (κ2) is 4.92. The third-order valence-electron chi connectivity index (χ3n) is 2.03. The van der Waals surface area contributed by atoms with Crippen LogP contribution in [0.2, 0.25) is 0 Å². The van der Waals surface area contributed by atoms with Crippen molar-refractivity contribution in [3.8, 4) is 0 Å². The number of hydrogen-bond acceptors (Lipinski definition) is 4. The van der Waals surface area contributed by atoms with Crippen molar-refractivity contribution in [3.05, 3.63) is 11.8 Å². The fraction of sp³-hybridized carbons (Fsp3) is 0.500. The molecular weight excluding hydrogens is 216 g/mol. The summed E-state index contributed by atoms with van der Waals surface area (Å²) in [5.41, 5.74) is 5.78. The van der Waals surface area contributed by atoms with Crippen molar-refractivity contribution >= 4 is 22.5 Å². The lowest BCUT2D eigenvalue weighted by Gasteiger charge is -2.09. The number of nitrogen functional groups attached to an aromatic ring is 1. The summed E-state index contributed by atoms with van der Waals surface area (Å²) in [6.45, 7) is 2.15. The Kier molecular flexibility index (Phi) is 3.84. The Bertz CT molecular complexity index is 376. The predicted molar refractivity (Wildman–Crippen MR) is 58.9 cm³/mol. The van der Waals surface area contributed by atoms with Crippen LogP contribution in [-0.4, -0.2) is 38.4 Å². The van der Waals surface area contributed by atoms with E-state index in [2.05, 4.69) is 15.5 Å². The van der Waals surface area contributed by atoms with Crippen molar-refractivity contribution in [2.45, 2.75) is 12.2 Å². The smallest absolute Gasteiger partial charge is 0.256 e. The van der Waals surface area contributed by atoms with Crippen LogP contribution in [0.5, 0.6) is 0 Å². The summed E-state index contributed by atoms with van der Waals surface area (Å²) >= 11 is 0. The number of carbonyl (C=O) groups is 1. The highest BCUT2D eigenvalue weighted by Gasteiger charge is 2.13. The molecule has 0 aromatic carbocycles. The summed E-state index contributed by atoms with van der Waals surface area (Å²) in [5.74, 6) is -0.0728. The number of amides is 1. The quantitative estimate of drug-likeness (QED) is 0.648. The largest absolute Gasteiger partial charge is 0.383 e. The summed E-state index contributed by atoms with van der Waals surface area (Å²) in [5, 5.41) is 8.65. The number of H-pyrrole nitrogens is 1. The Morgan fingerprint density at radius 3 is 2.93 bits per heavy atom. The SMILES string of the molecule is CC(CNC(=O)c1cn[nH]c1N)S(C)=O. The predicted octanol–water partition coefficient (Wildman–Crippen LogP) is -0.511. The minimum atomic E-state index is -0.948. The third kappa shape index (κ3) is 3.05. The van der Waals surface area contributed by atoms with E-state index in [4.69, 9.17) is 5.73 Å². The number of nitrogens with two attached hydrogens (primary N) is 1. The van der Waals surface area contributed by atoms with Gasteiger partial charge in [0.25, 0.3) is 5.91 Å². The van der Waals surface area contributed by atoms with Crippen LogP contribution in [0.15, 0.2) is 6.20 Å².